The topological polar surface area (TPSA) is 42.4 Å². The standard InChI is InChI=1S/C24H43NO2SSi/c1-18(11-10-12-19(2)16-26)13-14-23(27-29(8,9)24(5,6)7)20(3)15-22-17-28-21(4)25-22/h13,15,17,19,23,26H,10-12,14,16H2,1-9H3/b18-13+,20-15+/t19-,23-/m0/s1. The molecular formula is C24H43NO2SSi. The fraction of sp³-hybridized carbons (Fsp3) is 0.708. The van der Waals surface area contributed by atoms with Crippen LogP contribution < -0.4 is 0 Å². The highest BCUT2D eigenvalue weighted by Crippen LogP contribution is 2.38. The van der Waals surface area contributed by atoms with Crippen molar-refractivity contribution in [2.45, 2.75) is 98.4 Å². The van der Waals surface area contributed by atoms with Crippen molar-refractivity contribution in [1.29, 1.82) is 0 Å². The second-order valence-corrected chi connectivity index (χ2v) is 15.8. The van der Waals surface area contributed by atoms with Crippen molar-refractivity contribution in [3.05, 3.63) is 33.3 Å². The molecule has 0 spiro atoms. The van der Waals surface area contributed by atoms with Gasteiger partial charge in [0.15, 0.2) is 8.32 Å². The van der Waals surface area contributed by atoms with Crippen LogP contribution in [0.25, 0.3) is 6.08 Å². The van der Waals surface area contributed by atoms with Crippen molar-refractivity contribution >= 4 is 25.7 Å². The van der Waals surface area contributed by atoms with Gasteiger partial charge < -0.3 is 9.53 Å². The highest BCUT2D eigenvalue weighted by Gasteiger charge is 2.39. The van der Waals surface area contributed by atoms with E-state index < -0.39 is 8.32 Å². The SMILES string of the molecule is C/C(=C\C[C@H](O[Si](C)(C)C(C)(C)C)/C(C)=C/c1csc(C)n1)CCC[C@H](C)CO. The van der Waals surface area contributed by atoms with E-state index in [0.29, 0.717) is 5.92 Å². The maximum atomic E-state index is 9.20. The van der Waals surface area contributed by atoms with Crippen LogP contribution in [0.4, 0.5) is 0 Å². The summed E-state index contributed by atoms with van der Waals surface area (Å²) >= 11 is 1.69. The fourth-order valence-electron chi connectivity index (χ4n) is 2.86. The Kier molecular flexibility index (Phi) is 10.5. The van der Waals surface area contributed by atoms with Crippen molar-refractivity contribution in [2.75, 3.05) is 6.61 Å². The van der Waals surface area contributed by atoms with Crippen molar-refractivity contribution in [3.8, 4) is 0 Å². The summed E-state index contributed by atoms with van der Waals surface area (Å²) in [5.74, 6) is 0.393. The fourth-order valence-corrected chi connectivity index (χ4v) is 4.78. The van der Waals surface area contributed by atoms with Crippen molar-refractivity contribution in [2.24, 2.45) is 5.92 Å². The van der Waals surface area contributed by atoms with Gasteiger partial charge in [0.25, 0.3) is 0 Å². The number of aliphatic hydroxyl groups is 1. The molecular weight excluding hydrogens is 394 g/mol. The first kappa shape index (κ1) is 26.3. The van der Waals surface area contributed by atoms with Gasteiger partial charge in [-0.1, -0.05) is 39.3 Å². The van der Waals surface area contributed by atoms with Crippen LogP contribution >= 0.6 is 11.3 Å². The summed E-state index contributed by atoms with van der Waals surface area (Å²) in [5.41, 5.74) is 3.70. The lowest BCUT2D eigenvalue weighted by molar-refractivity contribution is 0.217. The average molecular weight is 438 g/mol. The highest BCUT2D eigenvalue weighted by molar-refractivity contribution is 7.09. The number of allylic oxidation sites excluding steroid dienone is 1. The van der Waals surface area contributed by atoms with Crippen LogP contribution in [-0.2, 0) is 4.43 Å². The van der Waals surface area contributed by atoms with Gasteiger partial charge in [-0.3, -0.25) is 0 Å². The number of rotatable bonds is 11. The second kappa shape index (κ2) is 11.6. The number of thiazole rings is 1. The molecule has 0 amide bonds. The maximum Gasteiger partial charge on any atom is 0.192 e. The molecule has 2 atom stereocenters. The van der Waals surface area contributed by atoms with E-state index in [1.54, 1.807) is 11.3 Å². The Bertz CT molecular complexity index is 685. The minimum atomic E-state index is -1.88. The van der Waals surface area contributed by atoms with Gasteiger partial charge in [0, 0.05) is 12.0 Å². The second-order valence-electron chi connectivity index (χ2n) is 10.0. The molecule has 0 bridgehead atoms. The van der Waals surface area contributed by atoms with Gasteiger partial charge in [0.2, 0.25) is 0 Å². The third kappa shape index (κ3) is 9.29. The van der Waals surface area contributed by atoms with Crippen molar-refractivity contribution < 1.29 is 9.53 Å². The minimum absolute atomic E-state index is 0.0872. The predicted octanol–water partition coefficient (Wildman–Crippen LogP) is 7.38. The van der Waals surface area contributed by atoms with E-state index in [4.69, 9.17) is 4.43 Å². The predicted molar refractivity (Wildman–Crippen MR) is 131 cm³/mol. The molecule has 0 unspecified atom stereocenters. The number of hydrogen-bond acceptors (Lipinski definition) is 4. The summed E-state index contributed by atoms with van der Waals surface area (Å²) in [6.07, 6.45) is 8.82. The van der Waals surface area contributed by atoms with E-state index >= 15 is 0 Å². The Morgan fingerprint density at radius 1 is 1.31 bits per heavy atom. The molecule has 0 aliphatic rings. The molecule has 0 radical (unpaired) electrons. The van der Waals surface area contributed by atoms with Crippen LogP contribution in [0.2, 0.25) is 18.1 Å². The molecule has 1 aromatic rings. The van der Waals surface area contributed by atoms with Crippen LogP contribution in [0.5, 0.6) is 0 Å². The Morgan fingerprint density at radius 3 is 2.48 bits per heavy atom. The molecule has 5 heteroatoms. The number of aromatic nitrogens is 1. The molecule has 29 heavy (non-hydrogen) atoms. The molecule has 1 aromatic heterocycles. The third-order valence-electron chi connectivity index (χ3n) is 6.02. The highest BCUT2D eigenvalue weighted by atomic mass is 32.1. The first-order chi connectivity index (χ1) is 13.4. The monoisotopic (exact) mass is 437 g/mol. The third-order valence-corrected chi connectivity index (χ3v) is 11.3. The number of aliphatic hydroxyl groups excluding tert-OH is 1. The van der Waals surface area contributed by atoms with E-state index in [9.17, 15) is 5.11 Å². The van der Waals surface area contributed by atoms with Gasteiger partial charge in [-0.2, -0.15) is 0 Å². The lowest BCUT2D eigenvalue weighted by Gasteiger charge is -2.39. The first-order valence-electron chi connectivity index (χ1n) is 10.9. The molecule has 0 fully saturated rings. The van der Waals surface area contributed by atoms with Gasteiger partial charge in [0.05, 0.1) is 16.8 Å². The number of nitrogens with zero attached hydrogens (tertiary/aromatic N) is 1. The van der Waals surface area contributed by atoms with Crippen LogP contribution in [0.1, 0.15) is 77.9 Å². The summed E-state index contributed by atoms with van der Waals surface area (Å²) in [4.78, 5) is 4.60. The van der Waals surface area contributed by atoms with E-state index in [-0.39, 0.29) is 17.7 Å². The molecule has 0 aliphatic carbocycles. The van der Waals surface area contributed by atoms with Gasteiger partial charge in [-0.05, 0) is 82.2 Å². The number of aryl methyl sites for hydroxylation is 1. The zero-order valence-electron chi connectivity index (χ0n) is 20.1. The molecule has 166 valence electrons. The van der Waals surface area contributed by atoms with E-state index in [0.717, 1.165) is 36.4 Å². The molecule has 0 aromatic carbocycles. The quantitative estimate of drug-likeness (QED) is 0.290. The van der Waals surface area contributed by atoms with E-state index in [1.165, 1.54) is 11.1 Å². The molecule has 1 heterocycles. The first-order valence-corrected chi connectivity index (χ1v) is 14.7. The lowest BCUT2D eigenvalue weighted by Crippen LogP contribution is -2.44. The van der Waals surface area contributed by atoms with Crippen LogP contribution in [0, 0.1) is 12.8 Å². The summed E-state index contributed by atoms with van der Waals surface area (Å²) < 4.78 is 6.82. The average Bonchev–Trinajstić information content (AvgIpc) is 3.01. The van der Waals surface area contributed by atoms with Crippen molar-refractivity contribution in [3.63, 3.8) is 0 Å². The Labute approximate surface area is 184 Å². The zero-order valence-corrected chi connectivity index (χ0v) is 21.9. The largest absolute Gasteiger partial charge is 0.410 e. The smallest absolute Gasteiger partial charge is 0.192 e. The van der Waals surface area contributed by atoms with E-state index in [1.807, 2.05) is 6.92 Å². The van der Waals surface area contributed by atoms with Gasteiger partial charge in [0.1, 0.15) is 0 Å². The van der Waals surface area contributed by atoms with E-state index in [2.05, 4.69) is 77.2 Å². The summed E-state index contributed by atoms with van der Waals surface area (Å²) in [5, 5.41) is 12.6. The summed E-state index contributed by atoms with van der Waals surface area (Å²) in [6.45, 7) is 20.4. The Hall–Kier alpha value is -0.753. The molecule has 1 N–H and O–H groups in total. The van der Waals surface area contributed by atoms with Gasteiger partial charge >= 0.3 is 0 Å². The van der Waals surface area contributed by atoms with Crippen LogP contribution in [0.3, 0.4) is 0 Å². The zero-order chi connectivity index (χ0) is 22.2. The van der Waals surface area contributed by atoms with Crippen LogP contribution in [-0.4, -0.2) is 31.1 Å². The normalized spacial score (nSPS) is 16.2. The lowest BCUT2D eigenvalue weighted by atomic mass is 10.0. The summed E-state index contributed by atoms with van der Waals surface area (Å²) in [6, 6.07) is 0. The molecule has 1 rings (SSSR count). The van der Waals surface area contributed by atoms with Crippen molar-refractivity contribution in [1.82, 2.24) is 4.98 Å². The molecule has 0 aliphatic heterocycles. The summed E-state index contributed by atoms with van der Waals surface area (Å²) in [7, 11) is -1.88. The number of hydrogen-bond donors (Lipinski definition) is 1. The molecule has 0 saturated heterocycles. The molecule has 0 saturated carbocycles. The Morgan fingerprint density at radius 2 is 1.97 bits per heavy atom. The Balaban J connectivity index is 2.92. The molecule has 3 nitrogen and oxygen atoms in total. The maximum absolute atomic E-state index is 9.20. The van der Waals surface area contributed by atoms with Gasteiger partial charge in [-0.15, -0.1) is 11.3 Å². The van der Waals surface area contributed by atoms with Crippen LogP contribution in [0.15, 0.2) is 22.6 Å². The minimum Gasteiger partial charge on any atom is -0.410 e. The van der Waals surface area contributed by atoms with Gasteiger partial charge in [-0.25, -0.2) is 4.98 Å².